The molecule has 24 heavy (non-hydrogen) atoms. The molecule has 2 aromatic rings. The highest BCUT2D eigenvalue weighted by molar-refractivity contribution is 7.50. The van der Waals surface area contributed by atoms with Gasteiger partial charge in [-0.25, -0.2) is 0 Å². The second-order valence-electron chi connectivity index (χ2n) is 5.52. The number of benzene rings is 2. The molecule has 6 nitrogen and oxygen atoms in total. The van der Waals surface area contributed by atoms with Gasteiger partial charge in [-0.1, -0.05) is 41.9 Å². The quantitative estimate of drug-likeness (QED) is 0.581. The minimum absolute atomic E-state index is 0.0604. The summed E-state index contributed by atoms with van der Waals surface area (Å²) in [4.78, 5) is 29.4. The molecular formula is C16H17ClNO5P. The maximum Gasteiger partial charge on any atom is 0.329 e. The summed E-state index contributed by atoms with van der Waals surface area (Å²) < 4.78 is 11.3. The Morgan fingerprint density at radius 3 is 2.21 bits per heavy atom. The molecule has 0 saturated carbocycles. The van der Waals surface area contributed by atoms with Gasteiger partial charge >= 0.3 is 13.6 Å². The third-order valence-electron chi connectivity index (χ3n) is 3.39. The van der Waals surface area contributed by atoms with E-state index >= 15 is 0 Å². The number of carboxylic acid groups (broad SMARTS) is 1. The van der Waals surface area contributed by atoms with Crippen LogP contribution in [0.4, 0.5) is 0 Å². The summed E-state index contributed by atoms with van der Waals surface area (Å²) in [6.07, 6.45) is -0.366. The van der Waals surface area contributed by atoms with E-state index < -0.39 is 25.8 Å². The number of hydrogen-bond acceptors (Lipinski definition) is 3. The van der Waals surface area contributed by atoms with Crippen LogP contribution in [0.5, 0.6) is 0 Å². The molecule has 5 N–H and O–H groups in total. The molecule has 0 bridgehead atoms. The smallest absolute Gasteiger partial charge is 0.329 e. The van der Waals surface area contributed by atoms with Gasteiger partial charge in [-0.2, -0.15) is 0 Å². The minimum atomic E-state index is -4.25. The molecular weight excluding hydrogens is 353 g/mol. The average molecular weight is 370 g/mol. The molecule has 0 amide bonds. The number of hydrogen-bond donors (Lipinski definition) is 4. The van der Waals surface area contributed by atoms with E-state index in [-0.39, 0.29) is 6.42 Å². The molecule has 0 saturated heterocycles. The number of rotatable bonds is 6. The van der Waals surface area contributed by atoms with Gasteiger partial charge in [0.25, 0.3) is 0 Å². The standard InChI is InChI=1S/C16H17ClNO5P/c17-14-3-1-12(2-4-14)13-6-10(8-15(18)16(19)20)5-11(7-13)9-24(21,22)23/h1-7,15H,8-9,18H2,(H,19,20)(H2,21,22,23)/t15-/m0/s1. The van der Waals surface area contributed by atoms with Gasteiger partial charge in [0.1, 0.15) is 6.04 Å². The molecule has 2 aromatic carbocycles. The molecule has 0 aliphatic heterocycles. The topological polar surface area (TPSA) is 121 Å². The van der Waals surface area contributed by atoms with E-state index in [1.807, 2.05) is 0 Å². The normalized spacial score (nSPS) is 12.8. The molecule has 0 aliphatic rings. The van der Waals surface area contributed by atoms with Crippen LogP contribution >= 0.6 is 19.2 Å². The van der Waals surface area contributed by atoms with Gasteiger partial charge in [-0.05, 0) is 40.8 Å². The van der Waals surface area contributed by atoms with Gasteiger partial charge in [0, 0.05) is 5.02 Å². The molecule has 0 heterocycles. The molecule has 0 unspecified atom stereocenters. The predicted octanol–water partition coefficient (Wildman–Crippen LogP) is 2.64. The van der Waals surface area contributed by atoms with Crippen LogP contribution in [-0.2, 0) is 21.9 Å². The van der Waals surface area contributed by atoms with Crippen LogP contribution in [0.15, 0.2) is 42.5 Å². The molecule has 0 radical (unpaired) electrons. The Labute approximate surface area is 144 Å². The van der Waals surface area contributed by atoms with Gasteiger partial charge in [0.15, 0.2) is 0 Å². The number of nitrogens with two attached hydrogens (primary N) is 1. The van der Waals surface area contributed by atoms with Crippen LogP contribution in [0.2, 0.25) is 5.02 Å². The summed E-state index contributed by atoms with van der Waals surface area (Å²) in [7, 11) is -4.25. The van der Waals surface area contributed by atoms with Crippen LogP contribution in [0.1, 0.15) is 11.1 Å². The van der Waals surface area contributed by atoms with Crippen molar-refractivity contribution < 1.29 is 24.3 Å². The maximum atomic E-state index is 11.3. The largest absolute Gasteiger partial charge is 0.480 e. The summed E-state index contributed by atoms with van der Waals surface area (Å²) in [6.45, 7) is 0. The van der Waals surface area contributed by atoms with E-state index in [0.717, 1.165) is 5.56 Å². The first-order valence-electron chi connectivity index (χ1n) is 7.06. The molecule has 128 valence electrons. The fraction of sp³-hybridized carbons (Fsp3) is 0.188. The second-order valence-corrected chi connectivity index (χ2v) is 7.60. The number of carboxylic acids is 1. The van der Waals surface area contributed by atoms with Crippen molar-refractivity contribution in [1.29, 1.82) is 0 Å². The molecule has 8 heteroatoms. The lowest BCUT2D eigenvalue weighted by molar-refractivity contribution is -0.138. The van der Waals surface area contributed by atoms with Crippen molar-refractivity contribution >= 4 is 25.2 Å². The van der Waals surface area contributed by atoms with Crippen LogP contribution in [0, 0.1) is 0 Å². The molecule has 0 aliphatic carbocycles. The zero-order valence-corrected chi connectivity index (χ0v) is 14.2. The van der Waals surface area contributed by atoms with Crippen molar-refractivity contribution in [2.24, 2.45) is 5.73 Å². The van der Waals surface area contributed by atoms with E-state index in [2.05, 4.69) is 0 Å². The number of halogens is 1. The third-order valence-corrected chi connectivity index (χ3v) is 4.42. The molecule has 0 spiro atoms. The zero-order chi connectivity index (χ0) is 17.9. The first-order valence-corrected chi connectivity index (χ1v) is 9.23. The summed E-state index contributed by atoms with van der Waals surface area (Å²) in [5.74, 6) is -1.14. The van der Waals surface area contributed by atoms with E-state index in [9.17, 15) is 19.1 Å². The highest BCUT2D eigenvalue weighted by Gasteiger charge is 2.17. The lowest BCUT2D eigenvalue weighted by Crippen LogP contribution is -2.32. The number of carbonyl (C=O) groups is 1. The van der Waals surface area contributed by atoms with E-state index in [1.54, 1.807) is 42.5 Å². The first kappa shape index (κ1) is 18.6. The van der Waals surface area contributed by atoms with Gasteiger partial charge in [0.05, 0.1) is 6.16 Å². The van der Waals surface area contributed by atoms with Gasteiger partial charge < -0.3 is 20.6 Å². The minimum Gasteiger partial charge on any atom is -0.480 e. The Balaban J connectivity index is 2.45. The Kier molecular flexibility index (Phi) is 5.80. The summed E-state index contributed by atoms with van der Waals surface area (Å²) in [5, 5.41) is 9.52. The van der Waals surface area contributed by atoms with E-state index in [4.69, 9.17) is 22.4 Å². The molecule has 0 fully saturated rings. The zero-order valence-electron chi connectivity index (χ0n) is 12.6. The van der Waals surface area contributed by atoms with E-state index in [1.165, 1.54) is 0 Å². The van der Waals surface area contributed by atoms with Crippen molar-refractivity contribution in [3.63, 3.8) is 0 Å². The van der Waals surface area contributed by atoms with Crippen molar-refractivity contribution in [3.8, 4) is 11.1 Å². The lowest BCUT2D eigenvalue weighted by Gasteiger charge is -2.13. The second kappa shape index (κ2) is 7.47. The monoisotopic (exact) mass is 369 g/mol. The average Bonchev–Trinajstić information content (AvgIpc) is 2.45. The SMILES string of the molecule is N[C@@H](Cc1cc(CP(=O)(O)O)cc(-c2ccc(Cl)cc2)c1)C(=O)O. The van der Waals surface area contributed by atoms with Crippen LogP contribution in [0.25, 0.3) is 11.1 Å². The van der Waals surface area contributed by atoms with Gasteiger partial charge in [0.2, 0.25) is 0 Å². The highest BCUT2D eigenvalue weighted by Crippen LogP contribution is 2.40. The van der Waals surface area contributed by atoms with Crippen molar-refractivity contribution in [3.05, 3.63) is 58.6 Å². The third kappa shape index (κ3) is 5.44. The fourth-order valence-electron chi connectivity index (χ4n) is 2.36. The van der Waals surface area contributed by atoms with Gasteiger partial charge in [-0.15, -0.1) is 0 Å². The Morgan fingerprint density at radius 1 is 1.08 bits per heavy atom. The summed E-state index contributed by atoms with van der Waals surface area (Å²) >= 11 is 5.87. The summed E-state index contributed by atoms with van der Waals surface area (Å²) in [5.41, 5.74) is 8.10. The van der Waals surface area contributed by atoms with Crippen LogP contribution in [0.3, 0.4) is 0 Å². The van der Waals surface area contributed by atoms with Crippen molar-refractivity contribution in [1.82, 2.24) is 0 Å². The highest BCUT2D eigenvalue weighted by atomic mass is 35.5. The molecule has 1 atom stereocenters. The molecule has 2 rings (SSSR count). The Bertz CT molecular complexity index is 788. The van der Waals surface area contributed by atoms with Crippen molar-refractivity contribution in [2.75, 3.05) is 0 Å². The molecule has 0 aromatic heterocycles. The predicted molar refractivity (Wildman–Crippen MR) is 92.0 cm³/mol. The Hall–Kier alpha value is -1.69. The lowest BCUT2D eigenvalue weighted by atomic mass is 9.97. The van der Waals surface area contributed by atoms with Gasteiger partial charge in [-0.3, -0.25) is 9.36 Å². The maximum absolute atomic E-state index is 11.3. The van der Waals surface area contributed by atoms with E-state index in [0.29, 0.717) is 21.7 Å². The van der Waals surface area contributed by atoms with Crippen molar-refractivity contribution in [2.45, 2.75) is 18.6 Å². The van der Waals surface area contributed by atoms with Crippen LogP contribution in [-0.4, -0.2) is 26.9 Å². The Morgan fingerprint density at radius 2 is 1.67 bits per heavy atom. The summed E-state index contributed by atoms with van der Waals surface area (Å²) in [6, 6.07) is 10.9. The fourth-order valence-corrected chi connectivity index (χ4v) is 3.14. The first-order chi connectivity index (χ1) is 11.1. The van der Waals surface area contributed by atoms with Crippen LogP contribution < -0.4 is 5.73 Å². The number of aliphatic carboxylic acids is 1.